The number of carbonyl (C=O) groups excluding carboxylic acids is 1. The molecular formula is C12H20N2O3S. The van der Waals surface area contributed by atoms with Gasteiger partial charge in [-0.2, -0.15) is 0 Å². The zero-order valence-electron chi connectivity index (χ0n) is 10.4. The number of primary amides is 1. The smallest absolute Gasteiger partial charge is 0.323 e. The molecule has 2 rings (SSSR count). The number of amides is 1. The highest BCUT2D eigenvalue weighted by Gasteiger charge is 2.45. The van der Waals surface area contributed by atoms with Crippen molar-refractivity contribution in [2.75, 3.05) is 5.75 Å². The largest absolute Gasteiger partial charge is 0.480 e. The maximum atomic E-state index is 11.6. The molecule has 0 saturated heterocycles. The van der Waals surface area contributed by atoms with Crippen LogP contribution in [0.15, 0.2) is 0 Å². The van der Waals surface area contributed by atoms with Crippen LogP contribution in [-0.4, -0.2) is 39.6 Å². The summed E-state index contributed by atoms with van der Waals surface area (Å²) in [6.45, 7) is 0. The maximum absolute atomic E-state index is 11.6. The highest BCUT2D eigenvalue weighted by molar-refractivity contribution is 8.00. The molecule has 2 fully saturated rings. The summed E-state index contributed by atoms with van der Waals surface area (Å²) in [6, 6.07) is 0.376. The fourth-order valence-electron chi connectivity index (χ4n) is 2.57. The van der Waals surface area contributed by atoms with Gasteiger partial charge in [0.05, 0.1) is 5.75 Å². The summed E-state index contributed by atoms with van der Waals surface area (Å²) in [4.78, 5) is 22.4. The normalized spacial score (nSPS) is 32.1. The van der Waals surface area contributed by atoms with Crippen molar-refractivity contribution < 1.29 is 14.7 Å². The summed E-state index contributed by atoms with van der Waals surface area (Å²) in [5.74, 6) is -0.801. The van der Waals surface area contributed by atoms with Gasteiger partial charge in [0.25, 0.3) is 0 Å². The molecule has 2 aliphatic rings. The Balaban J connectivity index is 1.96. The molecular weight excluding hydrogens is 252 g/mol. The first-order chi connectivity index (χ1) is 8.52. The van der Waals surface area contributed by atoms with Gasteiger partial charge in [-0.1, -0.05) is 0 Å². The third-order valence-electron chi connectivity index (χ3n) is 3.63. The average molecular weight is 272 g/mol. The summed E-state index contributed by atoms with van der Waals surface area (Å²) < 4.78 is 0. The van der Waals surface area contributed by atoms with Crippen molar-refractivity contribution in [3.8, 4) is 0 Å². The predicted octanol–water partition coefficient (Wildman–Crippen LogP) is 0.723. The molecule has 5 nitrogen and oxygen atoms in total. The number of carboxylic acids is 1. The van der Waals surface area contributed by atoms with E-state index in [1.807, 2.05) is 0 Å². The highest BCUT2D eigenvalue weighted by atomic mass is 32.2. The van der Waals surface area contributed by atoms with Crippen molar-refractivity contribution in [3.05, 3.63) is 0 Å². The van der Waals surface area contributed by atoms with E-state index in [1.54, 1.807) is 0 Å². The molecule has 2 aliphatic carbocycles. The van der Waals surface area contributed by atoms with Crippen LogP contribution >= 0.6 is 11.8 Å². The van der Waals surface area contributed by atoms with Crippen molar-refractivity contribution in [2.24, 2.45) is 5.73 Å². The van der Waals surface area contributed by atoms with Gasteiger partial charge < -0.3 is 10.8 Å². The summed E-state index contributed by atoms with van der Waals surface area (Å²) in [7, 11) is 0. The Hall–Kier alpha value is -0.750. The van der Waals surface area contributed by atoms with Crippen LogP contribution in [0.25, 0.3) is 0 Å². The van der Waals surface area contributed by atoms with Gasteiger partial charge in [-0.25, -0.2) is 0 Å². The Morgan fingerprint density at radius 3 is 2.67 bits per heavy atom. The van der Waals surface area contributed by atoms with Crippen LogP contribution in [0.2, 0.25) is 0 Å². The number of aliphatic carboxylic acids is 1. The summed E-state index contributed by atoms with van der Waals surface area (Å²) >= 11 is 1.49. The van der Waals surface area contributed by atoms with Gasteiger partial charge in [-0.05, 0) is 38.5 Å². The standard InChI is InChI=1S/C12H20N2O3S/c13-10(15)7-18-9-2-1-5-12(6-9,11(16)17)14-8-3-4-8/h8-9,14H,1-7H2,(H2,13,15)(H,16,17). The molecule has 2 unspecified atom stereocenters. The zero-order chi connectivity index (χ0) is 13.2. The topological polar surface area (TPSA) is 92.4 Å². The Labute approximate surface area is 111 Å². The lowest BCUT2D eigenvalue weighted by molar-refractivity contribution is -0.146. The Morgan fingerprint density at radius 2 is 2.11 bits per heavy atom. The molecule has 0 radical (unpaired) electrons. The van der Waals surface area contributed by atoms with Crippen LogP contribution in [0.5, 0.6) is 0 Å². The zero-order valence-corrected chi connectivity index (χ0v) is 11.2. The van der Waals surface area contributed by atoms with Gasteiger partial charge in [0.1, 0.15) is 5.54 Å². The molecule has 0 aromatic heterocycles. The van der Waals surface area contributed by atoms with Gasteiger partial charge in [-0.3, -0.25) is 14.9 Å². The van der Waals surface area contributed by atoms with Crippen LogP contribution < -0.4 is 11.1 Å². The van der Waals surface area contributed by atoms with Gasteiger partial charge in [-0.15, -0.1) is 11.8 Å². The first-order valence-corrected chi connectivity index (χ1v) is 7.48. The van der Waals surface area contributed by atoms with Crippen LogP contribution in [0.3, 0.4) is 0 Å². The minimum absolute atomic E-state index is 0.216. The lowest BCUT2D eigenvalue weighted by Crippen LogP contribution is -2.56. The molecule has 0 aliphatic heterocycles. The van der Waals surface area contributed by atoms with Gasteiger partial charge in [0.2, 0.25) is 5.91 Å². The third-order valence-corrected chi connectivity index (χ3v) is 4.96. The molecule has 2 saturated carbocycles. The second kappa shape index (κ2) is 5.48. The lowest BCUT2D eigenvalue weighted by Gasteiger charge is -2.38. The first kappa shape index (κ1) is 13.7. The van der Waals surface area contributed by atoms with E-state index < -0.39 is 11.5 Å². The Bertz CT molecular complexity index is 346. The summed E-state index contributed by atoms with van der Waals surface area (Å²) in [5, 5.41) is 13.0. The van der Waals surface area contributed by atoms with E-state index in [1.165, 1.54) is 11.8 Å². The van der Waals surface area contributed by atoms with E-state index in [-0.39, 0.29) is 16.9 Å². The molecule has 0 spiro atoms. The number of nitrogens with two attached hydrogens (primary N) is 1. The number of hydrogen-bond donors (Lipinski definition) is 3. The quantitative estimate of drug-likeness (QED) is 0.662. The molecule has 0 aromatic carbocycles. The minimum Gasteiger partial charge on any atom is -0.480 e. The molecule has 0 heterocycles. The van der Waals surface area contributed by atoms with Crippen LogP contribution in [0.4, 0.5) is 0 Å². The predicted molar refractivity (Wildman–Crippen MR) is 70.4 cm³/mol. The van der Waals surface area contributed by atoms with E-state index in [4.69, 9.17) is 5.73 Å². The summed E-state index contributed by atoms with van der Waals surface area (Å²) in [5.41, 5.74) is 4.35. The Kier molecular flexibility index (Phi) is 4.17. The highest BCUT2D eigenvalue weighted by Crippen LogP contribution is 2.37. The molecule has 18 heavy (non-hydrogen) atoms. The van der Waals surface area contributed by atoms with Crippen LogP contribution in [-0.2, 0) is 9.59 Å². The maximum Gasteiger partial charge on any atom is 0.323 e. The van der Waals surface area contributed by atoms with Gasteiger partial charge in [0.15, 0.2) is 0 Å². The van der Waals surface area contributed by atoms with Crippen molar-refractivity contribution in [1.82, 2.24) is 5.32 Å². The number of rotatable bonds is 6. The summed E-state index contributed by atoms with van der Waals surface area (Å²) in [6.07, 6.45) is 5.30. The SMILES string of the molecule is NC(=O)CSC1CCCC(NC2CC2)(C(=O)O)C1. The van der Waals surface area contributed by atoms with E-state index >= 15 is 0 Å². The number of nitrogens with one attached hydrogen (secondary N) is 1. The van der Waals surface area contributed by atoms with Crippen molar-refractivity contribution in [2.45, 2.75) is 55.4 Å². The van der Waals surface area contributed by atoms with E-state index in [0.29, 0.717) is 18.9 Å². The number of hydrogen-bond acceptors (Lipinski definition) is 4. The second-order valence-electron chi connectivity index (χ2n) is 5.30. The number of carbonyl (C=O) groups is 2. The van der Waals surface area contributed by atoms with E-state index in [0.717, 1.165) is 25.7 Å². The number of carboxylic acid groups (broad SMARTS) is 1. The first-order valence-electron chi connectivity index (χ1n) is 6.43. The fraction of sp³-hybridized carbons (Fsp3) is 0.833. The molecule has 102 valence electrons. The van der Waals surface area contributed by atoms with Crippen molar-refractivity contribution in [1.29, 1.82) is 0 Å². The van der Waals surface area contributed by atoms with Crippen LogP contribution in [0.1, 0.15) is 38.5 Å². The average Bonchev–Trinajstić information content (AvgIpc) is 3.10. The molecule has 4 N–H and O–H groups in total. The van der Waals surface area contributed by atoms with Crippen molar-refractivity contribution >= 4 is 23.6 Å². The molecule has 2 atom stereocenters. The van der Waals surface area contributed by atoms with Crippen LogP contribution in [0, 0.1) is 0 Å². The molecule has 0 aromatic rings. The van der Waals surface area contributed by atoms with E-state index in [9.17, 15) is 14.7 Å². The Morgan fingerprint density at radius 1 is 1.39 bits per heavy atom. The van der Waals surface area contributed by atoms with Crippen molar-refractivity contribution in [3.63, 3.8) is 0 Å². The van der Waals surface area contributed by atoms with Gasteiger partial charge >= 0.3 is 5.97 Å². The third kappa shape index (κ3) is 3.38. The molecule has 6 heteroatoms. The van der Waals surface area contributed by atoms with E-state index in [2.05, 4.69) is 5.32 Å². The molecule has 0 bridgehead atoms. The second-order valence-corrected chi connectivity index (χ2v) is 6.59. The lowest BCUT2D eigenvalue weighted by atomic mass is 9.81. The monoisotopic (exact) mass is 272 g/mol. The fourth-order valence-corrected chi connectivity index (χ4v) is 3.71. The minimum atomic E-state index is -0.783. The van der Waals surface area contributed by atoms with Gasteiger partial charge in [0, 0.05) is 11.3 Å². The number of thioether (sulfide) groups is 1. The molecule has 1 amide bonds.